The van der Waals surface area contributed by atoms with E-state index in [0.29, 0.717) is 19.8 Å². The Bertz CT molecular complexity index is 979. The summed E-state index contributed by atoms with van der Waals surface area (Å²) in [5.74, 6) is 0. The lowest BCUT2D eigenvalue weighted by Crippen LogP contribution is -2.46. The van der Waals surface area contributed by atoms with Crippen molar-refractivity contribution in [1.29, 1.82) is 0 Å². The van der Waals surface area contributed by atoms with E-state index in [-0.39, 0.29) is 0 Å². The number of para-hydroxylation sites is 1. The summed E-state index contributed by atoms with van der Waals surface area (Å²) in [5, 5.41) is 0. The number of nitrogens with zero attached hydrogens (tertiary/aromatic N) is 1. The molecule has 14 heteroatoms. The maximum Gasteiger partial charge on any atom is 0.500 e. The van der Waals surface area contributed by atoms with Crippen LogP contribution in [0.15, 0.2) is 57.8 Å². The van der Waals surface area contributed by atoms with E-state index in [0.717, 1.165) is 28.7 Å². The molecule has 1 heterocycles. The highest BCUT2D eigenvalue weighted by Crippen LogP contribution is 2.59. The third-order valence-electron chi connectivity index (χ3n) is 4.64. The number of hydrogen-bond acceptors (Lipinski definition) is 13. The smallest absolute Gasteiger partial charge is 0.374 e. The van der Waals surface area contributed by atoms with Crippen LogP contribution >= 0.6 is 91.9 Å². The van der Waals surface area contributed by atoms with Gasteiger partial charge in [-0.2, -0.15) is 0 Å². The summed E-state index contributed by atoms with van der Waals surface area (Å²) < 4.78 is 20.4. The third kappa shape index (κ3) is 11.0. The van der Waals surface area contributed by atoms with Crippen molar-refractivity contribution in [1.82, 2.24) is 4.98 Å². The number of hydrogen-bond donors (Lipinski definition) is 0. The minimum atomic E-state index is -2.58. The van der Waals surface area contributed by atoms with E-state index in [9.17, 15) is 0 Å². The van der Waals surface area contributed by atoms with Crippen molar-refractivity contribution < 1.29 is 13.3 Å². The Balaban J connectivity index is 1.33. The Labute approximate surface area is 249 Å². The van der Waals surface area contributed by atoms with E-state index in [1.165, 1.54) is 15.2 Å². The first-order valence-electron chi connectivity index (χ1n) is 11.4. The van der Waals surface area contributed by atoms with Gasteiger partial charge in [-0.1, -0.05) is 30.3 Å². The lowest BCUT2D eigenvalue weighted by atomic mass is 10.1. The van der Waals surface area contributed by atoms with Gasteiger partial charge in [-0.25, -0.2) is 4.98 Å². The molecule has 0 bridgehead atoms. The molecule has 4 nitrogen and oxygen atoms in total. The van der Waals surface area contributed by atoms with Crippen molar-refractivity contribution >= 4 is 111 Å². The number of rotatable bonds is 19. The fraction of sp³-hybridized carbons (Fsp3) is 0.409. The topological polar surface area (TPSA) is 40.6 Å². The van der Waals surface area contributed by atoms with Crippen molar-refractivity contribution in [2.24, 2.45) is 0 Å². The second-order valence-corrected chi connectivity index (χ2v) is 23.8. The van der Waals surface area contributed by atoms with Gasteiger partial charge in [-0.15, -0.1) is 11.3 Å². The maximum atomic E-state index is 6.01. The van der Waals surface area contributed by atoms with E-state index >= 15 is 0 Å². The Morgan fingerprint density at radius 2 is 1.36 bits per heavy atom. The lowest BCUT2D eigenvalue weighted by molar-refractivity contribution is 0.0708. The van der Waals surface area contributed by atoms with E-state index < -0.39 is 8.80 Å². The average Bonchev–Trinajstić information content (AvgIpc) is 3.30. The van der Waals surface area contributed by atoms with E-state index in [4.69, 9.17) is 13.3 Å². The van der Waals surface area contributed by atoms with Crippen molar-refractivity contribution in [3.8, 4) is 0 Å². The molecular weight excluding hydrogens is 643 g/mol. The summed E-state index contributed by atoms with van der Waals surface area (Å²) in [6.07, 6.45) is 1.99. The Hall–Kier alpha value is 1.23. The zero-order valence-corrected chi connectivity index (χ0v) is 28.6. The third-order valence-corrected chi connectivity index (χ3v) is 24.1. The second-order valence-electron chi connectivity index (χ2n) is 6.97. The van der Waals surface area contributed by atoms with Crippen LogP contribution in [0, 0.1) is 0 Å². The largest absolute Gasteiger partial charge is 0.500 e. The van der Waals surface area contributed by atoms with Crippen LogP contribution in [0.5, 0.6) is 0 Å². The molecule has 3 rings (SSSR count). The predicted octanol–water partition coefficient (Wildman–Crippen LogP) is 11.0. The highest BCUT2D eigenvalue weighted by atomic mass is 34.0. The summed E-state index contributed by atoms with van der Waals surface area (Å²) in [6.45, 7) is 7.90. The van der Waals surface area contributed by atoms with E-state index in [2.05, 4.69) is 47.4 Å². The minimum absolute atomic E-state index is 0.625. The fourth-order valence-corrected chi connectivity index (χ4v) is 24.1. The summed E-state index contributed by atoms with van der Waals surface area (Å²) >= 11 is 1.75. The first-order chi connectivity index (χ1) is 17.7. The van der Waals surface area contributed by atoms with Crippen LogP contribution in [0.25, 0.3) is 10.2 Å². The zero-order valence-electron chi connectivity index (χ0n) is 20.2. The first kappa shape index (κ1) is 31.8. The Kier molecular flexibility index (Phi) is 16.4. The zero-order chi connectivity index (χ0) is 25.5. The maximum absolute atomic E-state index is 6.01. The first-order valence-corrected chi connectivity index (χ1v) is 24.3. The van der Waals surface area contributed by atoms with Gasteiger partial charge in [0.15, 0.2) is 4.34 Å². The fourth-order valence-electron chi connectivity index (χ4n) is 3.31. The van der Waals surface area contributed by atoms with Crippen LogP contribution in [0.1, 0.15) is 32.8 Å². The number of fused-ring (bicyclic) bond motifs is 1. The van der Waals surface area contributed by atoms with Gasteiger partial charge in [-0.05, 0) is 138 Å². The minimum Gasteiger partial charge on any atom is -0.374 e. The van der Waals surface area contributed by atoms with Crippen molar-refractivity contribution in [3.05, 3.63) is 54.1 Å². The van der Waals surface area contributed by atoms with E-state index in [1.54, 1.807) is 71.3 Å². The highest BCUT2D eigenvalue weighted by Gasteiger charge is 2.39. The molecule has 0 aliphatic carbocycles. The molecule has 198 valence electrons. The van der Waals surface area contributed by atoms with Gasteiger partial charge >= 0.3 is 8.80 Å². The number of benzene rings is 2. The van der Waals surface area contributed by atoms with Gasteiger partial charge in [0, 0.05) is 30.8 Å². The van der Waals surface area contributed by atoms with Gasteiger partial charge < -0.3 is 13.3 Å². The van der Waals surface area contributed by atoms with Crippen molar-refractivity contribution in [3.63, 3.8) is 0 Å². The average molecular weight is 672 g/mol. The van der Waals surface area contributed by atoms with Crippen LogP contribution in [0.3, 0.4) is 0 Å². The van der Waals surface area contributed by atoms with Gasteiger partial charge in [-0.3, -0.25) is 0 Å². The van der Waals surface area contributed by atoms with Crippen LogP contribution in [0.2, 0.25) is 6.04 Å². The Morgan fingerprint density at radius 3 is 2.06 bits per heavy atom. The van der Waals surface area contributed by atoms with Gasteiger partial charge in [0.05, 0.1) is 10.2 Å². The molecule has 0 atom stereocenters. The number of thiazole rings is 1. The quantitative estimate of drug-likeness (QED) is 0.0692. The molecule has 2 aromatic carbocycles. The molecule has 0 saturated heterocycles. The molecular formula is C22H29NO3S9Si. The SMILES string of the molecule is CCO[Si](CCCc1ccccc1SSSSSSSSc1nc2ccccc2s1)(OCC)OCC. The predicted molar refractivity (Wildman–Crippen MR) is 177 cm³/mol. The number of aryl methyl sites for hydroxylation is 1. The molecule has 0 unspecified atom stereocenters. The van der Waals surface area contributed by atoms with Crippen LogP contribution < -0.4 is 0 Å². The molecule has 0 fully saturated rings. The summed E-state index contributed by atoms with van der Waals surface area (Å²) in [5.41, 5.74) is 2.46. The highest BCUT2D eigenvalue weighted by molar-refractivity contribution is 9.48. The summed E-state index contributed by atoms with van der Waals surface area (Å²) in [6, 6.07) is 17.8. The van der Waals surface area contributed by atoms with Crippen molar-refractivity contribution in [2.75, 3.05) is 19.8 Å². The molecule has 0 N–H and O–H groups in total. The van der Waals surface area contributed by atoms with Crippen LogP contribution in [0.4, 0.5) is 0 Å². The van der Waals surface area contributed by atoms with Crippen molar-refractivity contribution in [2.45, 2.75) is 48.9 Å². The summed E-state index contributed by atoms with van der Waals surface area (Å²) in [4.78, 5) is 5.99. The van der Waals surface area contributed by atoms with Gasteiger partial charge in [0.1, 0.15) is 0 Å². The molecule has 0 amide bonds. The summed E-state index contributed by atoms with van der Waals surface area (Å²) in [7, 11) is 11.7. The normalized spacial score (nSPS) is 12.0. The monoisotopic (exact) mass is 671 g/mol. The molecule has 1 aromatic heterocycles. The molecule has 0 aliphatic heterocycles. The molecule has 0 spiro atoms. The van der Waals surface area contributed by atoms with E-state index in [1.807, 2.05) is 47.5 Å². The molecule has 36 heavy (non-hydrogen) atoms. The standard InChI is InChI=1S/C22H29NO3S9Si/c1-4-24-36(25-5-2,26-6-3)17-11-13-18-12-7-9-15-20(18)28-30-32-34-35-33-31-29-22-23-19-14-8-10-16-21(19)27-22/h7-10,12,14-16H,4-6,11,13,17H2,1-3H3. The van der Waals surface area contributed by atoms with Gasteiger partial charge in [0.2, 0.25) is 0 Å². The van der Waals surface area contributed by atoms with Crippen LogP contribution in [-0.4, -0.2) is 33.6 Å². The number of aromatic nitrogens is 1. The molecule has 0 saturated carbocycles. The second kappa shape index (κ2) is 18.6. The van der Waals surface area contributed by atoms with Crippen LogP contribution in [-0.2, 0) is 19.7 Å². The van der Waals surface area contributed by atoms with Gasteiger partial charge in [0.25, 0.3) is 0 Å². The Morgan fingerprint density at radius 1 is 0.750 bits per heavy atom. The lowest BCUT2D eigenvalue weighted by Gasteiger charge is -2.28. The molecule has 3 aromatic rings. The molecule has 0 aliphatic rings. The molecule has 0 radical (unpaired) electrons.